The van der Waals surface area contributed by atoms with Gasteiger partial charge in [0, 0.05) is 25.7 Å². The minimum atomic E-state index is -0.537. The summed E-state index contributed by atoms with van der Waals surface area (Å²) in [7, 11) is 0. The van der Waals surface area contributed by atoms with Crippen LogP contribution < -0.4 is 5.32 Å². The number of nitrogens with zero attached hydrogens (tertiary/aromatic N) is 2. The van der Waals surface area contributed by atoms with Gasteiger partial charge >= 0.3 is 6.03 Å². The van der Waals surface area contributed by atoms with Crippen LogP contribution in [0.1, 0.15) is 37.7 Å². The lowest BCUT2D eigenvalue weighted by atomic mass is 10.0. The zero-order valence-corrected chi connectivity index (χ0v) is 15.4. The third-order valence-electron chi connectivity index (χ3n) is 5.45. The smallest absolute Gasteiger partial charge is 0.318 e. The first-order valence-corrected chi connectivity index (χ1v) is 9.78. The minimum absolute atomic E-state index is 0.101. The predicted molar refractivity (Wildman–Crippen MR) is 101 cm³/mol. The van der Waals surface area contributed by atoms with Crippen molar-refractivity contribution in [3.63, 3.8) is 0 Å². The first-order valence-electron chi connectivity index (χ1n) is 9.78. The molecular formula is C20H31N3O3. The monoisotopic (exact) mass is 361 g/mol. The Bertz CT molecular complexity index is 569. The Kier molecular flexibility index (Phi) is 6.88. The van der Waals surface area contributed by atoms with Gasteiger partial charge in [0.05, 0.1) is 18.8 Å². The molecule has 2 aliphatic rings. The van der Waals surface area contributed by atoms with Gasteiger partial charge in [-0.1, -0.05) is 43.2 Å². The minimum Gasteiger partial charge on any atom is -0.394 e. The number of aliphatic hydroxyl groups is 2. The highest BCUT2D eigenvalue weighted by atomic mass is 16.3. The third kappa shape index (κ3) is 5.19. The Hall–Kier alpha value is -1.63. The number of benzene rings is 1. The van der Waals surface area contributed by atoms with E-state index in [1.807, 2.05) is 6.07 Å². The molecule has 144 valence electrons. The molecule has 26 heavy (non-hydrogen) atoms. The summed E-state index contributed by atoms with van der Waals surface area (Å²) in [5, 5.41) is 22.4. The van der Waals surface area contributed by atoms with Crippen LogP contribution in [0.25, 0.3) is 0 Å². The fourth-order valence-electron chi connectivity index (χ4n) is 4.07. The van der Waals surface area contributed by atoms with E-state index < -0.39 is 6.10 Å². The molecular weight excluding hydrogens is 330 g/mol. The molecule has 3 atom stereocenters. The van der Waals surface area contributed by atoms with E-state index in [1.165, 1.54) is 18.4 Å². The number of aliphatic hydroxyl groups excluding tert-OH is 2. The molecule has 3 rings (SSSR count). The van der Waals surface area contributed by atoms with Gasteiger partial charge < -0.3 is 20.4 Å². The highest BCUT2D eigenvalue weighted by Gasteiger charge is 2.34. The standard InChI is InChI=1S/C20H31N3O3/c24-15-18-11-19(25)14-23(18)20(26)21-17-9-5-2-6-10-22(13-17)12-16-7-3-1-4-8-16/h1,3-4,7-8,17-19,24-25H,2,5-6,9-15H2,(H,21,26)/t17?,18-,19+/m0/s1. The molecule has 2 fully saturated rings. The van der Waals surface area contributed by atoms with Crippen molar-refractivity contribution >= 4 is 6.03 Å². The molecule has 1 unspecified atom stereocenters. The van der Waals surface area contributed by atoms with Crippen molar-refractivity contribution in [1.29, 1.82) is 0 Å². The average Bonchev–Trinajstić information content (AvgIpc) is 3.01. The zero-order valence-electron chi connectivity index (χ0n) is 15.4. The van der Waals surface area contributed by atoms with Gasteiger partial charge in [-0.2, -0.15) is 0 Å². The van der Waals surface area contributed by atoms with E-state index in [0.29, 0.717) is 13.0 Å². The Morgan fingerprint density at radius 1 is 1.15 bits per heavy atom. The zero-order chi connectivity index (χ0) is 18.4. The lowest BCUT2D eigenvalue weighted by Crippen LogP contribution is -2.51. The molecule has 1 aromatic rings. The second-order valence-electron chi connectivity index (χ2n) is 7.59. The van der Waals surface area contributed by atoms with Crippen LogP contribution in [-0.4, -0.2) is 70.5 Å². The maximum Gasteiger partial charge on any atom is 0.318 e. The van der Waals surface area contributed by atoms with E-state index in [9.17, 15) is 15.0 Å². The molecule has 1 aromatic carbocycles. The largest absolute Gasteiger partial charge is 0.394 e. The van der Waals surface area contributed by atoms with Crippen molar-refractivity contribution in [2.24, 2.45) is 0 Å². The van der Waals surface area contributed by atoms with Crippen molar-refractivity contribution < 1.29 is 15.0 Å². The van der Waals surface area contributed by atoms with Crippen LogP contribution in [0, 0.1) is 0 Å². The lowest BCUT2D eigenvalue weighted by molar-refractivity contribution is 0.145. The van der Waals surface area contributed by atoms with Gasteiger partial charge in [-0.3, -0.25) is 4.90 Å². The van der Waals surface area contributed by atoms with E-state index in [2.05, 4.69) is 34.5 Å². The van der Waals surface area contributed by atoms with Crippen molar-refractivity contribution in [1.82, 2.24) is 15.1 Å². The second-order valence-corrected chi connectivity index (χ2v) is 7.59. The van der Waals surface area contributed by atoms with E-state index in [4.69, 9.17) is 0 Å². The number of hydrogen-bond donors (Lipinski definition) is 3. The topological polar surface area (TPSA) is 76.0 Å². The normalized spacial score (nSPS) is 27.8. The summed E-state index contributed by atoms with van der Waals surface area (Å²) >= 11 is 0. The Balaban J connectivity index is 1.59. The number of likely N-dealkylation sites (tertiary alicyclic amines) is 2. The summed E-state index contributed by atoms with van der Waals surface area (Å²) in [5.74, 6) is 0. The number of carbonyl (C=O) groups is 1. The van der Waals surface area contributed by atoms with Crippen molar-refractivity contribution in [2.45, 2.75) is 56.8 Å². The van der Waals surface area contributed by atoms with Crippen molar-refractivity contribution in [2.75, 3.05) is 26.2 Å². The predicted octanol–water partition coefficient (Wildman–Crippen LogP) is 1.57. The van der Waals surface area contributed by atoms with Crippen LogP contribution in [0.15, 0.2) is 30.3 Å². The van der Waals surface area contributed by atoms with Crippen LogP contribution in [0.2, 0.25) is 0 Å². The SMILES string of the molecule is O=C(NC1CCCCCN(Cc2ccccc2)C1)N1C[C@H](O)C[C@H]1CO. The third-order valence-corrected chi connectivity index (χ3v) is 5.45. The number of amides is 2. The van der Waals surface area contributed by atoms with Gasteiger partial charge in [0.25, 0.3) is 0 Å². The summed E-state index contributed by atoms with van der Waals surface area (Å²) in [5.41, 5.74) is 1.29. The second kappa shape index (κ2) is 9.35. The number of β-amino-alcohol motifs (C(OH)–C–C–N with tert-alkyl or cyclic N) is 1. The van der Waals surface area contributed by atoms with Gasteiger partial charge in [-0.05, 0) is 31.4 Å². The Labute approximate surface area is 155 Å². The van der Waals surface area contributed by atoms with Crippen molar-refractivity contribution in [3.05, 3.63) is 35.9 Å². The quantitative estimate of drug-likeness (QED) is 0.761. The van der Waals surface area contributed by atoms with Gasteiger partial charge in [0.2, 0.25) is 0 Å². The lowest BCUT2D eigenvalue weighted by Gasteiger charge is -2.32. The number of carbonyl (C=O) groups excluding carboxylic acids is 1. The van der Waals surface area contributed by atoms with Crippen LogP contribution in [0.4, 0.5) is 4.79 Å². The molecule has 0 saturated carbocycles. The van der Waals surface area contributed by atoms with Crippen LogP contribution in [0.3, 0.4) is 0 Å². The first kappa shape index (κ1) is 19.1. The highest BCUT2D eigenvalue weighted by Crippen LogP contribution is 2.19. The van der Waals surface area contributed by atoms with Crippen LogP contribution in [-0.2, 0) is 6.54 Å². The molecule has 2 saturated heterocycles. The van der Waals surface area contributed by atoms with E-state index in [-0.39, 0.29) is 24.7 Å². The molecule has 0 radical (unpaired) electrons. The molecule has 0 aromatic heterocycles. The van der Waals surface area contributed by atoms with Crippen LogP contribution in [0.5, 0.6) is 0 Å². The van der Waals surface area contributed by atoms with E-state index >= 15 is 0 Å². The number of nitrogens with one attached hydrogen (secondary N) is 1. The average molecular weight is 361 g/mol. The Morgan fingerprint density at radius 3 is 2.73 bits per heavy atom. The molecule has 2 aliphatic heterocycles. The molecule has 0 spiro atoms. The fourth-order valence-corrected chi connectivity index (χ4v) is 4.07. The number of urea groups is 1. The van der Waals surface area contributed by atoms with Gasteiger partial charge in [0.15, 0.2) is 0 Å². The maximum absolute atomic E-state index is 12.7. The van der Waals surface area contributed by atoms with Gasteiger partial charge in [-0.15, -0.1) is 0 Å². The molecule has 2 heterocycles. The number of rotatable bonds is 4. The highest BCUT2D eigenvalue weighted by molar-refractivity contribution is 5.75. The molecule has 2 amide bonds. The maximum atomic E-state index is 12.7. The van der Waals surface area contributed by atoms with E-state index in [0.717, 1.165) is 32.5 Å². The number of hydrogen-bond acceptors (Lipinski definition) is 4. The Morgan fingerprint density at radius 2 is 1.96 bits per heavy atom. The molecule has 0 bridgehead atoms. The summed E-state index contributed by atoms with van der Waals surface area (Å²) in [6.45, 7) is 2.98. The summed E-state index contributed by atoms with van der Waals surface area (Å²) in [4.78, 5) is 16.7. The molecule has 6 nitrogen and oxygen atoms in total. The first-order chi connectivity index (χ1) is 12.7. The summed E-state index contributed by atoms with van der Waals surface area (Å²) in [6.07, 6.45) is 4.38. The van der Waals surface area contributed by atoms with Gasteiger partial charge in [-0.25, -0.2) is 4.79 Å². The summed E-state index contributed by atoms with van der Waals surface area (Å²) in [6, 6.07) is 10.1. The molecule has 3 N–H and O–H groups in total. The fraction of sp³-hybridized carbons (Fsp3) is 0.650. The summed E-state index contributed by atoms with van der Waals surface area (Å²) < 4.78 is 0. The molecule has 0 aliphatic carbocycles. The van der Waals surface area contributed by atoms with E-state index in [1.54, 1.807) is 4.90 Å². The molecule has 6 heteroatoms. The van der Waals surface area contributed by atoms with Crippen molar-refractivity contribution in [3.8, 4) is 0 Å². The van der Waals surface area contributed by atoms with Gasteiger partial charge in [0.1, 0.15) is 0 Å². The van der Waals surface area contributed by atoms with Crippen LogP contribution >= 0.6 is 0 Å².